The first-order valence-electron chi connectivity index (χ1n) is 10.4. The average molecular weight is 422 g/mol. The molecular formula is C24H27N3O2S. The lowest BCUT2D eigenvalue weighted by atomic mass is 9.82. The Morgan fingerprint density at radius 1 is 1.17 bits per heavy atom. The zero-order valence-corrected chi connectivity index (χ0v) is 18.2. The number of aliphatic imine (C=N–C) groups is 1. The van der Waals surface area contributed by atoms with Gasteiger partial charge in [0.2, 0.25) is 5.91 Å². The first-order chi connectivity index (χ1) is 14.5. The Morgan fingerprint density at radius 3 is 2.60 bits per heavy atom. The van der Waals surface area contributed by atoms with E-state index < -0.39 is 5.66 Å². The number of rotatable bonds is 5. The highest BCUT2D eigenvalue weighted by Crippen LogP contribution is 2.41. The van der Waals surface area contributed by atoms with Gasteiger partial charge in [-0.1, -0.05) is 43.3 Å². The Balaban J connectivity index is 1.57. The van der Waals surface area contributed by atoms with Crippen molar-refractivity contribution in [2.45, 2.75) is 43.2 Å². The Bertz CT molecular complexity index is 965. The molecule has 6 heteroatoms. The first kappa shape index (κ1) is 20.7. The van der Waals surface area contributed by atoms with Crippen molar-refractivity contribution in [1.82, 2.24) is 4.90 Å². The molecule has 1 spiro atoms. The zero-order chi connectivity index (χ0) is 21.1. The smallest absolute Gasteiger partial charge is 0.275 e. The van der Waals surface area contributed by atoms with Crippen molar-refractivity contribution in [3.8, 4) is 0 Å². The molecule has 30 heavy (non-hydrogen) atoms. The number of hydrogen-bond donors (Lipinski definition) is 1. The van der Waals surface area contributed by atoms with E-state index in [-0.39, 0.29) is 18.4 Å². The minimum absolute atomic E-state index is 0.0105. The molecule has 2 aromatic rings. The molecule has 1 aliphatic heterocycles. The minimum atomic E-state index is -0.604. The van der Waals surface area contributed by atoms with E-state index in [2.05, 4.69) is 12.2 Å². The number of amides is 2. The summed E-state index contributed by atoms with van der Waals surface area (Å²) in [5.74, 6) is 0.277. The number of anilines is 1. The number of hydrogen-bond acceptors (Lipinski definition) is 4. The summed E-state index contributed by atoms with van der Waals surface area (Å²) in [7, 11) is 0. The molecule has 1 N–H and O–H groups in total. The van der Waals surface area contributed by atoms with Gasteiger partial charge in [-0.15, -0.1) is 11.8 Å². The van der Waals surface area contributed by atoms with Crippen LogP contribution in [-0.4, -0.2) is 40.9 Å². The topological polar surface area (TPSA) is 61.8 Å². The van der Waals surface area contributed by atoms with E-state index >= 15 is 0 Å². The summed E-state index contributed by atoms with van der Waals surface area (Å²) in [4.78, 5) is 34.0. The van der Waals surface area contributed by atoms with Gasteiger partial charge in [-0.3, -0.25) is 14.6 Å². The lowest BCUT2D eigenvalue weighted by Gasteiger charge is -2.40. The second-order valence-electron chi connectivity index (χ2n) is 8.16. The van der Waals surface area contributed by atoms with Gasteiger partial charge in [-0.25, -0.2) is 0 Å². The van der Waals surface area contributed by atoms with E-state index in [1.807, 2.05) is 60.9 Å². The fraction of sp³-hybridized carbons (Fsp3) is 0.375. The summed E-state index contributed by atoms with van der Waals surface area (Å²) >= 11 is 1.62. The van der Waals surface area contributed by atoms with Crippen LogP contribution in [0.5, 0.6) is 0 Å². The van der Waals surface area contributed by atoms with E-state index in [4.69, 9.17) is 4.99 Å². The van der Waals surface area contributed by atoms with Crippen molar-refractivity contribution in [3.63, 3.8) is 0 Å². The Kier molecular flexibility index (Phi) is 5.95. The van der Waals surface area contributed by atoms with Gasteiger partial charge in [0.15, 0.2) is 0 Å². The monoisotopic (exact) mass is 421 g/mol. The third-order valence-corrected chi connectivity index (χ3v) is 6.77. The van der Waals surface area contributed by atoms with Crippen molar-refractivity contribution >= 4 is 35.0 Å². The molecule has 0 atom stereocenters. The third-order valence-electron chi connectivity index (χ3n) is 6.05. The van der Waals surface area contributed by atoms with Gasteiger partial charge < -0.3 is 10.2 Å². The number of nitrogens with one attached hydrogen (secondary N) is 1. The van der Waals surface area contributed by atoms with Crippen LogP contribution < -0.4 is 5.32 Å². The number of carbonyl (C=O) groups is 2. The Hall–Kier alpha value is -2.60. The molecule has 1 heterocycles. The lowest BCUT2D eigenvalue weighted by molar-refractivity contribution is -0.134. The molecule has 5 nitrogen and oxygen atoms in total. The van der Waals surface area contributed by atoms with Gasteiger partial charge in [0.1, 0.15) is 17.9 Å². The fourth-order valence-corrected chi connectivity index (χ4v) is 4.75. The molecule has 4 rings (SSSR count). The van der Waals surface area contributed by atoms with Crippen LogP contribution >= 0.6 is 11.8 Å². The van der Waals surface area contributed by atoms with Gasteiger partial charge in [0.05, 0.1) is 0 Å². The van der Waals surface area contributed by atoms with E-state index in [9.17, 15) is 9.59 Å². The van der Waals surface area contributed by atoms with Gasteiger partial charge in [0, 0.05) is 16.1 Å². The standard InChI is InChI=1S/C24H27N3O2S/c1-17-11-13-24(14-12-17)26-22(18-7-4-3-5-8-18)23(29)27(24)16-21(28)25-19-9-6-10-20(15-19)30-2/h3-10,15,17H,11-14,16H2,1-2H3,(H,25,28). The molecular weight excluding hydrogens is 394 g/mol. The molecule has 2 amide bonds. The van der Waals surface area contributed by atoms with Crippen LogP contribution in [0.4, 0.5) is 5.69 Å². The summed E-state index contributed by atoms with van der Waals surface area (Å²) < 4.78 is 0. The first-order valence-corrected chi connectivity index (χ1v) is 11.6. The summed E-state index contributed by atoms with van der Waals surface area (Å²) in [6.07, 6.45) is 5.61. The maximum Gasteiger partial charge on any atom is 0.275 e. The quantitative estimate of drug-likeness (QED) is 0.719. The Labute approximate surface area is 182 Å². The normalized spacial score (nSPS) is 23.5. The van der Waals surface area contributed by atoms with Crippen LogP contribution in [-0.2, 0) is 9.59 Å². The largest absolute Gasteiger partial charge is 0.325 e. The highest BCUT2D eigenvalue weighted by molar-refractivity contribution is 7.98. The Morgan fingerprint density at radius 2 is 1.90 bits per heavy atom. The van der Waals surface area contributed by atoms with Crippen molar-refractivity contribution in [3.05, 3.63) is 60.2 Å². The van der Waals surface area contributed by atoms with Crippen LogP contribution in [0.25, 0.3) is 0 Å². The molecule has 1 fully saturated rings. The van der Waals surface area contributed by atoms with Crippen LogP contribution in [0.3, 0.4) is 0 Å². The van der Waals surface area contributed by atoms with Gasteiger partial charge >= 0.3 is 0 Å². The second-order valence-corrected chi connectivity index (χ2v) is 9.04. The van der Waals surface area contributed by atoms with Crippen LogP contribution in [0, 0.1) is 5.92 Å². The van der Waals surface area contributed by atoms with Crippen LogP contribution in [0.2, 0.25) is 0 Å². The molecule has 0 radical (unpaired) electrons. The van der Waals surface area contributed by atoms with Crippen LogP contribution in [0.1, 0.15) is 38.2 Å². The van der Waals surface area contributed by atoms with E-state index in [0.29, 0.717) is 11.6 Å². The van der Waals surface area contributed by atoms with Crippen LogP contribution in [0.15, 0.2) is 64.5 Å². The molecule has 1 aliphatic carbocycles. The lowest BCUT2D eigenvalue weighted by Crippen LogP contribution is -2.51. The highest BCUT2D eigenvalue weighted by Gasteiger charge is 2.49. The van der Waals surface area contributed by atoms with Crippen molar-refractivity contribution in [1.29, 1.82) is 0 Å². The van der Waals surface area contributed by atoms with Gasteiger partial charge in [-0.05, 0) is 56.1 Å². The number of thioether (sulfide) groups is 1. The molecule has 2 aliphatic rings. The maximum absolute atomic E-state index is 13.4. The van der Waals surface area contributed by atoms with Crippen molar-refractivity contribution < 1.29 is 9.59 Å². The molecule has 1 saturated carbocycles. The highest BCUT2D eigenvalue weighted by atomic mass is 32.2. The molecule has 2 aromatic carbocycles. The SMILES string of the molecule is CSc1cccc(NC(=O)CN2C(=O)C(c3ccccc3)=NC23CCC(C)CC3)c1. The minimum Gasteiger partial charge on any atom is -0.325 e. The summed E-state index contributed by atoms with van der Waals surface area (Å²) in [6, 6.07) is 17.3. The number of nitrogens with zero attached hydrogens (tertiary/aromatic N) is 2. The van der Waals surface area contributed by atoms with Crippen molar-refractivity contribution in [2.24, 2.45) is 10.9 Å². The number of carbonyl (C=O) groups excluding carboxylic acids is 2. The maximum atomic E-state index is 13.4. The average Bonchev–Trinajstić information content (AvgIpc) is 3.03. The predicted octanol–water partition coefficient (Wildman–Crippen LogP) is 4.58. The van der Waals surface area contributed by atoms with E-state index in [0.717, 1.165) is 41.8 Å². The summed E-state index contributed by atoms with van der Waals surface area (Å²) in [5, 5.41) is 2.95. The van der Waals surface area contributed by atoms with E-state index in [1.54, 1.807) is 16.7 Å². The van der Waals surface area contributed by atoms with Gasteiger partial charge in [-0.2, -0.15) is 0 Å². The molecule has 0 aromatic heterocycles. The molecule has 0 bridgehead atoms. The second kappa shape index (κ2) is 8.64. The molecule has 0 unspecified atom stereocenters. The van der Waals surface area contributed by atoms with E-state index in [1.165, 1.54) is 0 Å². The van der Waals surface area contributed by atoms with Crippen molar-refractivity contribution in [2.75, 3.05) is 18.1 Å². The molecule has 156 valence electrons. The number of benzene rings is 2. The third kappa shape index (κ3) is 4.15. The fourth-order valence-electron chi connectivity index (χ4n) is 4.29. The predicted molar refractivity (Wildman–Crippen MR) is 122 cm³/mol. The summed E-state index contributed by atoms with van der Waals surface area (Å²) in [5.41, 5.74) is 1.43. The van der Waals surface area contributed by atoms with Gasteiger partial charge in [0.25, 0.3) is 5.91 Å². The molecule has 0 saturated heterocycles. The summed E-state index contributed by atoms with van der Waals surface area (Å²) in [6.45, 7) is 2.25. The zero-order valence-electron chi connectivity index (χ0n) is 17.4.